The van der Waals surface area contributed by atoms with Crippen LogP contribution in [0.1, 0.15) is 18.7 Å². The zero-order valence-corrected chi connectivity index (χ0v) is 9.07. The van der Waals surface area contributed by atoms with E-state index in [9.17, 15) is 4.79 Å². The van der Waals surface area contributed by atoms with E-state index < -0.39 is 5.97 Å². The zero-order valence-electron chi connectivity index (χ0n) is 7.48. The number of rotatable bonds is 2. The molecule has 1 aromatic rings. The van der Waals surface area contributed by atoms with Gasteiger partial charge < -0.3 is 9.67 Å². The van der Waals surface area contributed by atoms with Crippen molar-refractivity contribution in [2.75, 3.05) is 0 Å². The second-order valence-corrected chi connectivity index (χ2v) is 4.20. The first-order valence-corrected chi connectivity index (χ1v) is 5.25. The summed E-state index contributed by atoms with van der Waals surface area (Å²) in [6.07, 6.45) is 1.82. The maximum Gasteiger partial charge on any atom is 0.303 e. The first kappa shape index (κ1) is 9.64. The van der Waals surface area contributed by atoms with Crippen LogP contribution in [0.5, 0.6) is 0 Å². The Morgan fingerprint density at radius 2 is 2.43 bits per heavy atom. The molecule has 0 spiro atoms. The van der Waals surface area contributed by atoms with E-state index in [4.69, 9.17) is 5.11 Å². The van der Waals surface area contributed by atoms with Crippen molar-refractivity contribution in [1.29, 1.82) is 0 Å². The van der Waals surface area contributed by atoms with Crippen molar-refractivity contribution in [2.24, 2.45) is 5.92 Å². The lowest BCUT2D eigenvalue weighted by atomic mass is 9.94. The van der Waals surface area contributed by atoms with Crippen LogP contribution >= 0.6 is 15.9 Å². The average Bonchev–Trinajstić information content (AvgIpc) is 2.46. The van der Waals surface area contributed by atoms with Gasteiger partial charge in [0.15, 0.2) is 4.73 Å². The predicted molar refractivity (Wildman–Crippen MR) is 51.8 cm³/mol. The fraction of sp³-hybridized carbons (Fsp3) is 0.625. The molecule has 0 amide bonds. The fourth-order valence-corrected chi connectivity index (χ4v) is 2.24. The van der Waals surface area contributed by atoms with Gasteiger partial charge in [0.1, 0.15) is 5.82 Å². The first-order chi connectivity index (χ1) is 6.66. The molecule has 0 aromatic carbocycles. The number of hydrogen-bond donors (Lipinski definition) is 1. The Morgan fingerprint density at radius 1 is 1.64 bits per heavy atom. The Bertz CT molecular complexity index is 363. The van der Waals surface area contributed by atoms with Gasteiger partial charge >= 0.3 is 5.97 Å². The molecule has 1 N–H and O–H groups in total. The highest BCUT2D eigenvalue weighted by molar-refractivity contribution is 9.10. The van der Waals surface area contributed by atoms with Crippen LogP contribution in [0.25, 0.3) is 0 Å². The second-order valence-electron chi connectivity index (χ2n) is 3.49. The highest BCUT2D eigenvalue weighted by Crippen LogP contribution is 2.24. The zero-order chi connectivity index (χ0) is 10.1. The maximum absolute atomic E-state index is 10.5. The number of halogens is 1. The van der Waals surface area contributed by atoms with Gasteiger partial charge in [0, 0.05) is 19.4 Å². The predicted octanol–water partition coefficient (Wildman–Crippen LogP) is 1.08. The summed E-state index contributed by atoms with van der Waals surface area (Å²) < 4.78 is 2.72. The van der Waals surface area contributed by atoms with Gasteiger partial charge in [-0.3, -0.25) is 4.79 Å². The molecule has 6 heteroatoms. The highest BCUT2D eigenvalue weighted by Gasteiger charge is 2.23. The summed E-state index contributed by atoms with van der Waals surface area (Å²) in [4.78, 5) is 10.5. The lowest BCUT2D eigenvalue weighted by Gasteiger charge is -2.21. The Kier molecular flexibility index (Phi) is 2.54. The minimum absolute atomic E-state index is 0.205. The fourth-order valence-electron chi connectivity index (χ4n) is 1.78. The summed E-state index contributed by atoms with van der Waals surface area (Å²) in [6, 6.07) is 0. The third-order valence-corrected chi connectivity index (χ3v) is 3.06. The van der Waals surface area contributed by atoms with Crippen molar-refractivity contribution in [1.82, 2.24) is 14.8 Å². The largest absolute Gasteiger partial charge is 0.481 e. The highest BCUT2D eigenvalue weighted by atomic mass is 79.9. The molecule has 1 aliphatic rings. The van der Waals surface area contributed by atoms with Gasteiger partial charge in [-0.2, -0.15) is 0 Å². The topological polar surface area (TPSA) is 68.0 Å². The molecule has 0 saturated heterocycles. The van der Waals surface area contributed by atoms with E-state index >= 15 is 0 Å². The first-order valence-electron chi connectivity index (χ1n) is 4.46. The molecule has 1 aromatic heterocycles. The Hall–Kier alpha value is -0.910. The number of aromatic nitrogens is 3. The van der Waals surface area contributed by atoms with Crippen molar-refractivity contribution in [3.8, 4) is 0 Å². The Balaban J connectivity index is 2.10. The molecule has 0 fully saturated rings. The number of nitrogens with zero attached hydrogens (tertiary/aromatic N) is 3. The summed E-state index contributed by atoms with van der Waals surface area (Å²) >= 11 is 3.30. The molecule has 1 unspecified atom stereocenters. The smallest absolute Gasteiger partial charge is 0.303 e. The van der Waals surface area contributed by atoms with Gasteiger partial charge in [-0.25, -0.2) is 0 Å². The number of carboxylic acid groups (broad SMARTS) is 1. The van der Waals surface area contributed by atoms with Crippen LogP contribution in [-0.4, -0.2) is 25.8 Å². The van der Waals surface area contributed by atoms with E-state index in [1.807, 2.05) is 4.57 Å². The summed E-state index contributed by atoms with van der Waals surface area (Å²) in [6.45, 7) is 0.806. The number of carbonyl (C=O) groups is 1. The summed E-state index contributed by atoms with van der Waals surface area (Å²) in [5, 5.41) is 16.5. The van der Waals surface area contributed by atoms with Crippen LogP contribution in [0, 0.1) is 5.92 Å². The average molecular weight is 260 g/mol. The van der Waals surface area contributed by atoms with Gasteiger partial charge in [-0.15, -0.1) is 10.2 Å². The van der Waals surface area contributed by atoms with Gasteiger partial charge in [-0.05, 0) is 28.3 Å². The van der Waals surface area contributed by atoms with Crippen molar-refractivity contribution >= 4 is 21.9 Å². The molecule has 0 saturated carbocycles. The summed E-state index contributed by atoms with van der Waals surface area (Å²) in [7, 11) is 0. The van der Waals surface area contributed by atoms with E-state index in [1.165, 1.54) is 0 Å². The van der Waals surface area contributed by atoms with Gasteiger partial charge in [0.05, 0.1) is 0 Å². The normalized spacial score (nSPS) is 20.5. The molecule has 2 rings (SSSR count). The van der Waals surface area contributed by atoms with Crippen molar-refractivity contribution in [3.63, 3.8) is 0 Å². The summed E-state index contributed by atoms with van der Waals surface area (Å²) in [5.41, 5.74) is 0. The lowest BCUT2D eigenvalue weighted by Crippen LogP contribution is -2.21. The third kappa shape index (κ3) is 1.79. The van der Waals surface area contributed by atoms with Crippen LogP contribution in [0.4, 0.5) is 0 Å². The molecule has 5 nitrogen and oxygen atoms in total. The van der Waals surface area contributed by atoms with Crippen LogP contribution in [-0.2, 0) is 17.8 Å². The van der Waals surface area contributed by atoms with E-state index in [0.717, 1.165) is 23.5 Å². The van der Waals surface area contributed by atoms with Gasteiger partial charge in [0.2, 0.25) is 0 Å². The maximum atomic E-state index is 10.5. The Morgan fingerprint density at radius 3 is 3.14 bits per heavy atom. The summed E-state index contributed by atoms with van der Waals surface area (Å²) in [5.74, 6) is 0.354. The van der Waals surface area contributed by atoms with Gasteiger partial charge in [0.25, 0.3) is 0 Å². The van der Waals surface area contributed by atoms with Crippen LogP contribution in [0.2, 0.25) is 0 Å². The minimum atomic E-state index is -0.734. The number of carboxylic acids is 1. The molecule has 0 bridgehead atoms. The minimum Gasteiger partial charge on any atom is -0.481 e. The lowest BCUT2D eigenvalue weighted by molar-refractivity contribution is -0.138. The molecule has 2 heterocycles. The molecule has 0 radical (unpaired) electrons. The number of hydrogen-bond acceptors (Lipinski definition) is 3. The van der Waals surface area contributed by atoms with Crippen LogP contribution < -0.4 is 0 Å². The standard InChI is InChI=1S/C8H10BrN3O2/c9-8-11-10-6-3-5(4-7(13)14)1-2-12(6)8/h5H,1-4H2,(H,13,14). The third-order valence-electron chi connectivity index (χ3n) is 2.48. The van der Waals surface area contributed by atoms with Crippen LogP contribution in [0.15, 0.2) is 4.73 Å². The van der Waals surface area contributed by atoms with Crippen molar-refractivity contribution in [2.45, 2.75) is 25.8 Å². The molecular formula is C8H10BrN3O2. The Labute approximate surface area is 89.3 Å². The molecule has 76 valence electrons. The van der Waals surface area contributed by atoms with E-state index in [1.54, 1.807) is 0 Å². The number of aliphatic carboxylic acids is 1. The molecule has 0 aliphatic carbocycles. The van der Waals surface area contributed by atoms with Crippen LogP contribution in [0.3, 0.4) is 0 Å². The molecular weight excluding hydrogens is 250 g/mol. The van der Waals surface area contributed by atoms with E-state index in [-0.39, 0.29) is 12.3 Å². The number of fused-ring (bicyclic) bond motifs is 1. The SMILES string of the molecule is O=C(O)CC1CCn2c(Br)nnc2C1. The van der Waals surface area contributed by atoms with Crippen molar-refractivity contribution in [3.05, 3.63) is 10.6 Å². The van der Waals surface area contributed by atoms with E-state index in [2.05, 4.69) is 26.1 Å². The molecule has 1 atom stereocenters. The van der Waals surface area contributed by atoms with Crippen molar-refractivity contribution < 1.29 is 9.90 Å². The monoisotopic (exact) mass is 259 g/mol. The second kappa shape index (κ2) is 3.68. The molecule has 1 aliphatic heterocycles. The van der Waals surface area contributed by atoms with E-state index in [0.29, 0.717) is 6.42 Å². The van der Waals surface area contributed by atoms with Gasteiger partial charge in [-0.1, -0.05) is 0 Å². The molecule has 14 heavy (non-hydrogen) atoms. The quantitative estimate of drug-likeness (QED) is 0.863.